The first-order valence-corrected chi connectivity index (χ1v) is 9.98. The van der Waals surface area contributed by atoms with E-state index in [9.17, 15) is 13.2 Å². The van der Waals surface area contributed by atoms with Gasteiger partial charge >= 0.3 is 0 Å². The molecular weight excluding hydrogens is 397 g/mol. The summed E-state index contributed by atoms with van der Waals surface area (Å²) in [6, 6.07) is 3.09. The van der Waals surface area contributed by atoms with Gasteiger partial charge < -0.3 is 15.0 Å². The van der Waals surface area contributed by atoms with Gasteiger partial charge in [0.25, 0.3) is 15.9 Å². The number of sulfonamides is 1. The van der Waals surface area contributed by atoms with E-state index in [2.05, 4.69) is 5.32 Å². The second kappa shape index (κ2) is 8.31. The summed E-state index contributed by atoms with van der Waals surface area (Å²) in [5.74, 6) is -0.0755. The molecule has 1 aromatic heterocycles. The van der Waals surface area contributed by atoms with Crippen molar-refractivity contribution in [3.8, 4) is 0 Å². The van der Waals surface area contributed by atoms with Crippen molar-refractivity contribution in [1.29, 1.82) is 0 Å². The number of nitrogens with one attached hydrogen (secondary N) is 1. The minimum absolute atomic E-state index is 0. The Balaban J connectivity index is 0.00000208. The van der Waals surface area contributed by atoms with E-state index in [1.54, 1.807) is 11.0 Å². The topological polar surface area (TPSA) is 79.0 Å². The third-order valence-electron chi connectivity index (χ3n) is 3.90. The lowest BCUT2D eigenvalue weighted by atomic mass is 10.2. The van der Waals surface area contributed by atoms with Crippen LogP contribution in [0.25, 0.3) is 0 Å². The molecule has 1 unspecified atom stereocenters. The maximum atomic E-state index is 12.5. The average Bonchev–Trinajstić information content (AvgIpc) is 3.02. The van der Waals surface area contributed by atoms with Gasteiger partial charge in [-0.1, -0.05) is 11.6 Å². The van der Waals surface area contributed by atoms with Crippen molar-refractivity contribution in [3.63, 3.8) is 0 Å². The monoisotopic (exact) mass is 415 g/mol. The normalized spacial score (nSPS) is 22.9. The molecule has 2 aliphatic heterocycles. The number of carbonyl (C=O) groups is 1. The van der Waals surface area contributed by atoms with Crippen molar-refractivity contribution >= 4 is 51.3 Å². The average molecular weight is 416 g/mol. The third kappa shape index (κ3) is 4.21. The van der Waals surface area contributed by atoms with E-state index in [0.717, 1.165) is 17.9 Å². The van der Waals surface area contributed by atoms with E-state index >= 15 is 0 Å². The molecule has 0 radical (unpaired) electrons. The number of thiophene rings is 1. The van der Waals surface area contributed by atoms with Gasteiger partial charge in [-0.3, -0.25) is 4.79 Å². The molecule has 0 aromatic carbocycles. The predicted octanol–water partition coefficient (Wildman–Crippen LogP) is 0.645. The van der Waals surface area contributed by atoms with E-state index in [1.807, 2.05) is 0 Å². The zero-order chi connectivity index (χ0) is 16.4. The first kappa shape index (κ1) is 19.9. The summed E-state index contributed by atoms with van der Waals surface area (Å²) in [7, 11) is -3.53. The lowest BCUT2D eigenvalue weighted by Gasteiger charge is -2.36. The Morgan fingerprint density at radius 3 is 2.54 bits per heavy atom. The van der Waals surface area contributed by atoms with Crippen LogP contribution in [0.4, 0.5) is 0 Å². The van der Waals surface area contributed by atoms with Gasteiger partial charge in [-0.25, -0.2) is 8.42 Å². The quantitative estimate of drug-likeness (QED) is 0.783. The van der Waals surface area contributed by atoms with Gasteiger partial charge in [-0.05, 0) is 12.1 Å². The van der Waals surface area contributed by atoms with Crippen LogP contribution in [0.15, 0.2) is 16.3 Å². The Morgan fingerprint density at radius 2 is 2.00 bits per heavy atom. The molecular formula is C13H19Cl2N3O4S2. The van der Waals surface area contributed by atoms with Crippen LogP contribution in [0.1, 0.15) is 0 Å². The van der Waals surface area contributed by atoms with Gasteiger partial charge in [0.05, 0.1) is 10.9 Å². The highest BCUT2D eigenvalue weighted by Crippen LogP contribution is 2.28. The standard InChI is InChI=1S/C13H18ClN3O4S2.ClH/c14-11-1-2-12(22-11)23(19,20)17-6-4-16(5-7-17)13(18)10-9-15-3-8-21-10;/h1-2,10,15H,3-9H2;1H. The largest absolute Gasteiger partial charge is 0.366 e. The highest BCUT2D eigenvalue weighted by Gasteiger charge is 2.33. The van der Waals surface area contributed by atoms with Gasteiger partial charge in [-0.15, -0.1) is 23.7 Å². The number of carbonyl (C=O) groups excluding carboxylic acids is 1. The fourth-order valence-electron chi connectivity index (χ4n) is 2.64. The number of piperazine rings is 1. The van der Waals surface area contributed by atoms with Crippen LogP contribution in [0.3, 0.4) is 0 Å². The number of rotatable bonds is 3. The van der Waals surface area contributed by atoms with Crippen molar-refractivity contribution in [3.05, 3.63) is 16.5 Å². The molecule has 0 bridgehead atoms. The van der Waals surface area contributed by atoms with Crippen LogP contribution >= 0.6 is 35.3 Å². The molecule has 2 saturated heterocycles. The van der Waals surface area contributed by atoms with Crippen LogP contribution in [0.5, 0.6) is 0 Å². The van der Waals surface area contributed by atoms with Crippen molar-refractivity contribution in [2.24, 2.45) is 0 Å². The highest BCUT2D eigenvalue weighted by molar-refractivity contribution is 7.91. The highest BCUT2D eigenvalue weighted by atomic mass is 35.5. The fourth-order valence-corrected chi connectivity index (χ4v) is 5.70. The van der Waals surface area contributed by atoms with Gasteiger partial charge in [-0.2, -0.15) is 4.31 Å². The Kier molecular flexibility index (Phi) is 6.89. The summed E-state index contributed by atoms with van der Waals surface area (Å²) in [5.41, 5.74) is 0. The molecule has 7 nitrogen and oxygen atoms in total. The number of ether oxygens (including phenoxy) is 1. The van der Waals surface area contributed by atoms with Crippen LogP contribution in [-0.2, 0) is 19.6 Å². The summed E-state index contributed by atoms with van der Waals surface area (Å²) >= 11 is 6.86. The van der Waals surface area contributed by atoms with Crippen molar-refractivity contribution < 1.29 is 17.9 Å². The molecule has 1 atom stereocenters. The fraction of sp³-hybridized carbons (Fsp3) is 0.615. The summed E-state index contributed by atoms with van der Waals surface area (Å²) in [6.07, 6.45) is -0.469. The van der Waals surface area contributed by atoms with Gasteiger partial charge in [0.2, 0.25) is 0 Å². The molecule has 0 spiro atoms. The molecule has 0 aliphatic carbocycles. The smallest absolute Gasteiger partial charge is 0.253 e. The Labute approximate surface area is 156 Å². The second-order valence-corrected chi connectivity index (χ2v) is 9.23. The Bertz CT molecular complexity index is 669. The molecule has 11 heteroatoms. The molecule has 0 saturated carbocycles. The van der Waals surface area contributed by atoms with Crippen LogP contribution in [-0.4, -0.2) is 75.5 Å². The first-order chi connectivity index (χ1) is 11.0. The summed E-state index contributed by atoms with van der Waals surface area (Å²) in [4.78, 5) is 14.0. The lowest BCUT2D eigenvalue weighted by Crippen LogP contribution is -2.55. The maximum Gasteiger partial charge on any atom is 0.253 e. The minimum atomic E-state index is -3.53. The van der Waals surface area contributed by atoms with Crippen molar-refractivity contribution in [2.75, 3.05) is 45.9 Å². The number of hydrogen-bond acceptors (Lipinski definition) is 6. The summed E-state index contributed by atoms with van der Waals surface area (Å²) in [6.45, 7) is 3.08. The second-order valence-electron chi connectivity index (χ2n) is 5.35. The molecule has 3 heterocycles. The number of morpholine rings is 1. The molecule has 24 heavy (non-hydrogen) atoms. The van der Waals surface area contributed by atoms with E-state index in [0.29, 0.717) is 30.6 Å². The Hall–Kier alpha value is -0.420. The zero-order valence-electron chi connectivity index (χ0n) is 12.8. The number of nitrogens with zero attached hydrogens (tertiary/aromatic N) is 2. The molecule has 1 amide bonds. The summed E-state index contributed by atoms with van der Waals surface area (Å²) in [5, 5.41) is 3.12. The minimum Gasteiger partial charge on any atom is -0.366 e. The molecule has 1 aromatic rings. The first-order valence-electron chi connectivity index (χ1n) is 7.35. The molecule has 2 fully saturated rings. The lowest BCUT2D eigenvalue weighted by molar-refractivity contribution is -0.146. The van der Waals surface area contributed by atoms with Crippen LogP contribution in [0.2, 0.25) is 4.34 Å². The summed E-state index contributed by atoms with van der Waals surface area (Å²) < 4.78 is 32.6. The maximum absolute atomic E-state index is 12.5. The zero-order valence-corrected chi connectivity index (χ0v) is 16.0. The molecule has 3 rings (SSSR count). The molecule has 2 aliphatic rings. The van der Waals surface area contributed by atoms with Gasteiger partial charge in [0, 0.05) is 39.3 Å². The molecule has 1 N–H and O–H groups in total. The van der Waals surface area contributed by atoms with E-state index in [1.165, 1.54) is 10.4 Å². The Morgan fingerprint density at radius 1 is 1.29 bits per heavy atom. The van der Waals surface area contributed by atoms with E-state index in [-0.39, 0.29) is 35.6 Å². The molecule has 136 valence electrons. The van der Waals surface area contributed by atoms with Gasteiger partial charge in [0.15, 0.2) is 0 Å². The van der Waals surface area contributed by atoms with Crippen LogP contribution < -0.4 is 5.32 Å². The van der Waals surface area contributed by atoms with E-state index < -0.39 is 16.1 Å². The van der Waals surface area contributed by atoms with E-state index in [4.69, 9.17) is 16.3 Å². The number of amides is 1. The number of hydrogen-bond donors (Lipinski definition) is 1. The van der Waals surface area contributed by atoms with Crippen molar-refractivity contribution in [1.82, 2.24) is 14.5 Å². The van der Waals surface area contributed by atoms with Gasteiger partial charge in [0.1, 0.15) is 10.3 Å². The predicted molar refractivity (Wildman–Crippen MR) is 94.5 cm³/mol. The number of halogens is 2. The third-order valence-corrected chi connectivity index (χ3v) is 7.49. The van der Waals surface area contributed by atoms with Crippen LogP contribution in [0, 0.1) is 0 Å². The SMILES string of the molecule is Cl.O=C(C1CNCCO1)N1CCN(S(=O)(=O)c2ccc(Cl)s2)CC1. The van der Waals surface area contributed by atoms with Crippen molar-refractivity contribution in [2.45, 2.75) is 10.3 Å².